The molecule has 0 atom stereocenters. The highest BCUT2D eigenvalue weighted by atomic mass is 15.1. The molecule has 2 heteroatoms. The molecule has 2 nitrogen and oxygen atoms in total. The van der Waals surface area contributed by atoms with E-state index in [0.29, 0.717) is 0 Å². The van der Waals surface area contributed by atoms with Crippen LogP contribution in [0.4, 0.5) is 0 Å². The summed E-state index contributed by atoms with van der Waals surface area (Å²) in [5.41, 5.74) is 1.25. The summed E-state index contributed by atoms with van der Waals surface area (Å²) in [6.07, 6.45) is 17.0. The summed E-state index contributed by atoms with van der Waals surface area (Å²) < 4.78 is 0. The van der Waals surface area contributed by atoms with Crippen molar-refractivity contribution in [3.63, 3.8) is 0 Å². The quantitative estimate of drug-likeness (QED) is 0.495. The lowest BCUT2D eigenvalue weighted by molar-refractivity contribution is 0.400. The van der Waals surface area contributed by atoms with Gasteiger partial charge in [-0.2, -0.15) is 5.10 Å². The van der Waals surface area contributed by atoms with Crippen molar-refractivity contribution in [2.24, 2.45) is 5.92 Å². The lowest BCUT2D eigenvalue weighted by atomic mass is 9.90. The van der Waals surface area contributed by atoms with Gasteiger partial charge in [-0.25, -0.2) is 0 Å². The molecule has 1 aromatic heterocycles. The number of hydrogen-bond donors (Lipinski definition) is 1. The average molecular weight is 264 g/mol. The van der Waals surface area contributed by atoms with Crippen molar-refractivity contribution in [3.8, 4) is 0 Å². The van der Waals surface area contributed by atoms with Crippen LogP contribution in [0.1, 0.15) is 83.7 Å². The fourth-order valence-corrected chi connectivity index (χ4v) is 2.77. The van der Waals surface area contributed by atoms with Crippen LogP contribution < -0.4 is 0 Å². The highest BCUT2D eigenvalue weighted by Gasteiger charge is 2.10. The molecule has 0 saturated carbocycles. The number of nitrogens with one attached hydrogen (secondary N) is 1. The van der Waals surface area contributed by atoms with Gasteiger partial charge >= 0.3 is 0 Å². The topological polar surface area (TPSA) is 28.7 Å². The monoisotopic (exact) mass is 264 g/mol. The van der Waals surface area contributed by atoms with Gasteiger partial charge in [0.25, 0.3) is 0 Å². The second-order valence-electron chi connectivity index (χ2n) is 5.83. The third-order valence-electron chi connectivity index (χ3n) is 3.99. The Bertz CT molecular complexity index is 267. The number of aromatic amines is 1. The van der Waals surface area contributed by atoms with Gasteiger partial charge in [0.15, 0.2) is 0 Å². The number of aromatic nitrogens is 2. The maximum absolute atomic E-state index is 4.32. The fourth-order valence-electron chi connectivity index (χ4n) is 2.77. The van der Waals surface area contributed by atoms with Gasteiger partial charge in [0.05, 0.1) is 5.69 Å². The number of rotatable bonds is 12. The van der Waals surface area contributed by atoms with Crippen LogP contribution in [0.15, 0.2) is 12.3 Å². The Labute approximate surface area is 119 Å². The fraction of sp³-hybridized carbons (Fsp3) is 0.824. The molecule has 0 aliphatic heterocycles. The van der Waals surface area contributed by atoms with E-state index in [-0.39, 0.29) is 0 Å². The van der Waals surface area contributed by atoms with Crippen LogP contribution in [0.2, 0.25) is 0 Å². The molecule has 0 bridgehead atoms. The largest absolute Gasteiger partial charge is 0.285 e. The second kappa shape index (κ2) is 11.1. The van der Waals surface area contributed by atoms with E-state index in [9.17, 15) is 0 Å². The highest BCUT2D eigenvalue weighted by molar-refractivity contribution is 4.98. The SMILES string of the molecule is CCCCCCC(CCCCCC)Cc1cc[nH]n1. The predicted octanol–water partition coefficient (Wildman–Crippen LogP) is 5.51. The average Bonchev–Trinajstić information content (AvgIpc) is 2.92. The van der Waals surface area contributed by atoms with Crippen molar-refractivity contribution in [3.05, 3.63) is 18.0 Å². The first kappa shape index (κ1) is 16.3. The number of H-pyrrole nitrogens is 1. The molecule has 0 aliphatic carbocycles. The molecule has 19 heavy (non-hydrogen) atoms. The van der Waals surface area contributed by atoms with E-state index >= 15 is 0 Å². The summed E-state index contributed by atoms with van der Waals surface area (Å²) in [4.78, 5) is 0. The van der Waals surface area contributed by atoms with E-state index in [2.05, 4.69) is 30.1 Å². The van der Waals surface area contributed by atoms with Crippen LogP contribution in [-0.2, 0) is 6.42 Å². The zero-order chi connectivity index (χ0) is 13.8. The molecule has 1 aromatic rings. The van der Waals surface area contributed by atoms with Crippen LogP contribution in [0.3, 0.4) is 0 Å². The van der Waals surface area contributed by atoms with Gasteiger partial charge in [0.1, 0.15) is 0 Å². The van der Waals surface area contributed by atoms with Gasteiger partial charge in [-0.05, 0) is 18.4 Å². The van der Waals surface area contributed by atoms with E-state index in [0.717, 1.165) is 5.92 Å². The van der Waals surface area contributed by atoms with Gasteiger partial charge in [0, 0.05) is 6.20 Å². The van der Waals surface area contributed by atoms with Crippen molar-refractivity contribution >= 4 is 0 Å². The van der Waals surface area contributed by atoms with Gasteiger partial charge in [-0.3, -0.25) is 5.10 Å². The molecule has 0 spiro atoms. The third-order valence-corrected chi connectivity index (χ3v) is 3.99. The first-order valence-corrected chi connectivity index (χ1v) is 8.35. The maximum atomic E-state index is 4.32. The van der Waals surface area contributed by atoms with E-state index in [1.54, 1.807) is 0 Å². The third kappa shape index (κ3) is 8.07. The standard InChI is InChI=1S/C17H32N2/c1-3-5-7-9-11-16(12-10-8-6-4-2)15-17-13-14-18-19-17/h13-14,16H,3-12,15H2,1-2H3,(H,18,19). The highest BCUT2D eigenvalue weighted by Crippen LogP contribution is 2.21. The minimum Gasteiger partial charge on any atom is -0.285 e. The van der Waals surface area contributed by atoms with Crippen LogP contribution in [-0.4, -0.2) is 10.2 Å². The number of unbranched alkanes of at least 4 members (excludes halogenated alkanes) is 6. The van der Waals surface area contributed by atoms with Crippen LogP contribution in [0, 0.1) is 5.92 Å². The van der Waals surface area contributed by atoms with Crippen LogP contribution in [0.5, 0.6) is 0 Å². The Balaban J connectivity index is 2.25. The minimum atomic E-state index is 0.844. The minimum absolute atomic E-state index is 0.844. The lowest BCUT2D eigenvalue weighted by Gasteiger charge is -2.15. The van der Waals surface area contributed by atoms with Crippen LogP contribution in [0.25, 0.3) is 0 Å². The van der Waals surface area contributed by atoms with Gasteiger partial charge in [0.2, 0.25) is 0 Å². The summed E-state index contributed by atoms with van der Waals surface area (Å²) in [6.45, 7) is 4.57. The Morgan fingerprint density at radius 3 is 2.05 bits per heavy atom. The first-order chi connectivity index (χ1) is 9.36. The number of hydrogen-bond acceptors (Lipinski definition) is 1. The molecular weight excluding hydrogens is 232 g/mol. The summed E-state index contributed by atoms with van der Waals surface area (Å²) in [5, 5.41) is 7.26. The van der Waals surface area contributed by atoms with E-state index in [4.69, 9.17) is 0 Å². The van der Waals surface area contributed by atoms with Crippen molar-refractivity contribution in [1.82, 2.24) is 10.2 Å². The molecule has 110 valence electrons. The number of nitrogens with zero attached hydrogens (tertiary/aromatic N) is 1. The van der Waals surface area contributed by atoms with E-state index in [1.165, 1.54) is 76.3 Å². The molecule has 1 heterocycles. The molecular formula is C17H32N2. The van der Waals surface area contributed by atoms with Crippen molar-refractivity contribution in [2.45, 2.75) is 84.5 Å². The zero-order valence-electron chi connectivity index (χ0n) is 13.0. The van der Waals surface area contributed by atoms with Crippen molar-refractivity contribution < 1.29 is 0 Å². The Morgan fingerprint density at radius 1 is 0.947 bits per heavy atom. The van der Waals surface area contributed by atoms with Gasteiger partial charge < -0.3 is 0 Å². The Hall–Kier alpha value is -0.790. The molecule has 0 unspecified atom stereocenters. The zero-order valence-corrected chi connectivity index (χ0v) is 13.0. The Kier molecular flexibility index (Phi) is 9.48. The van der Waals surface area contributed by atoms with E-state index in [1.807, 2.05) is 6.20 Å². The summed E-state index contributed by atoms with van der Waals surface area (Å²) in [5.74, 6) is 0.844. The smallest absolute Gasteiger partial charge is 0.0624 e. The summed E-state index contributed by atoms with van der Waals surface area (Å²) in [6, 6.07) is 2.13. The second-order valence-corrected chi connectivity index (χ2v) is 5.83. The molecule has 0 radical (unpaired) electrons. The molecule has 0 aliphatic rings. The maximum Gasteiger partial charge on any atom is 0.0624 e. The summed E-state index contributed by atoms with van der Waals surface area (Å²) in [7, 11) is 0. The lowest BCUT2D eigenvalue weighted by Crippen LogP contribution is -2.06. The van der Waals surface area contributed by atoms with Crippen LogP contribution >= 0.6 is 0 Å². The van der Waals surface area contributed by atoms with Crippen molar-refractivity contribution in [1.29, 1.82) is 0 Å². The molecule has 0 aromatic carbocycles. The predicted molar refractivity (Wildman–Crippen MR) is 83.3 cm³/mol. The Morgan fingerprint density at radius 2 is 1.58 bits per heavy atom. The molecule has 1 rings (SSSR count). The van der Waals surface area contributed by atoms with E-state index < -0.39 is 0 Å². The molecule has 0 saturated heterocycles. The van der Waals surface area contributed by atoms with Gasteiger partial charge in [-0.15, -0.1) is 0 Å². The van der Waals surface area contributed by atoms with Crippen molar-refractivity contribution in [2.75, 3.05) is 0 Å². The molecule has 0 amide bonds. The molecule has 1 N–H and O–H groups in total. The normalized spacial score (nSPS) is 11.3. The van der Waals surface area contributed by atoms with Gasteiger partial charge in [-0.1, -0.05) is 78.1 Å². The first-order valence-electron chi connectivity index (χ1n) is 8.35. The molecule has 0 fully saturated rings. The summed E-state index contributed by atoms with van der Waals surface area (Å²) >= 11 is 0.